The molecule has 1 heteroatoms. The molecular weight excluding hydrogens is 176 g/mol. The quantitative estimate of drug-likeness (QED) is 0.557. The van der Waals surface area contributed by atoms with E-state index in [1.165, 1.54) is 44.9 Å². The van der Waals surface area contributed by atoms with Crippen LogP contribution in [0.3, 0.4) is 0 Å². The van der Waals surface area contributed by atoms with Crippen LogP contribution < -0.4 is 0 Å². The second kappa shape index (κ2) is 7.14. The standard InChI is InChI=1S/C12H20S/c1-2-3-4-5-6-7-9-12-10-8-11-13-12/h8,10-11H,2-7,9H2,1H3. The number of unbranched alkanes of at least 4 members (excludes halogenated alkanes) is 5. The van der Waals surface area contributed by atoms with Crippen molar-refractivity contribution < 1.29 is 0 Å². The molecule has 0 amide bonds. The fourth-order valence-corrected chi connectivity index (χ4v) is 2.29. The van der Waals surface area contributed by atoms with Gasteiger partial charge in [-0.05, 0) is 24.3 Å². The summed E-state index contributed by atoms with van der Waals surface area (Å²) in [5.41, 5.74) is 0. The highest BCUT2D eigenvalue weighted by atomic mass is 32.1. The Balaban J connectivity index is 1.90. The molecule has 0 aliphatic heterocycles. The Labute approximate surface area is 86.0 Å². The Morgan fingerprint density at radius 1 is 1.08 bits per heavy atom. The normalized spacial score (nSPS) is 10.5. The van der Waals surface area contributed by atoms with Gasteiger partial charge in [-0.2, -0.15) is 0 Å². The van der Waals surface area contributed by atoms with Gasteiger partial charge < -0.3 is 0 Å². The van der Waals surface area contributed by atoms with Gasteiger partial charge in [0.1, 0.15) is 0 Å². The van der Waals surface area contributed by atoms with Crippen LogP contribution in [0.15, 0.2) is 17.5 Å². The predicted octanol–water partition coefficient (Wildman–Crippen LogP) is 4.65. The molecule has 1 aromatic rings. The van der Waals surface area contributed by atoms with Crippen LogP contribution in [0.5, 0.6) is 0 Å². The zero-order valence-corrected chi connectivity index (χ0v) is 9.41. The molecule has 74 valence electrons. The van der Waals surface area contributed by atoms with Gasteiger partial charge in [0.25, 0.3) is 0 Å². The summed E-state index contributed by atoms with van der Waals surface area (Å²) in [6.07, 6.45) is 9.72. The molecule has 0 saturated heterocycles. The second-order valence-electron chi connectivity index (χ2n) is 3.60. The van der Waals surface area contributed by atoms with Crippen LogP contribution in [0.4, 0.5) is 0 Å². The first-order valence-corrected chi connectivity index (χ1v) is 6.34. The average molecular weight is 196 g/mol. The largest absolute Gasteiger partial charge is 0.149 e. The van der Waals surface area contributed by atoms with Crippen LogP contribution in [0.25, 0.3) is 0 Å². The van der Waals surface area contributed by atoms with E-state index in [1.807, 2.05) is 11.3 Å². The highest BCUT2D eigenvalue weighted by molar-refractivity contribution is 7.09. The van der Waals surface area contributed by atoms with Crippen molar-refractivity contribution in [2.24, 2.45) is 0 Å². The first kappa shape index (κ1) is 10.8. The van der Waals surface area contributed by atoms with E-state index in [0.29, 0.717) is 0 Å². The molecule has 0 radical (unpaired) electrons. The van der Waals surface area contributed by atoms with Gasteiger partial charge in [-0.25, -0.2) is 0 Å². The summed E-state index contributed by atoms with van der Waals surface area (Å²) in [4.78, 5) is 1.55. The molecule has 1 rings (SSSR count). The van der Waals surface area contributed by atoms with Gasteiger partial charge in [-0.15, -0.1) is 11.3 Å². The zero-order valence-electron chi connectivity index (χ0n) is 8.59. The minimum Gasteiger partial charge on any atom is -0.149 e. The first-order valence-electron chi connectivity index (χ1n) is 5.46. The lowest BCUT2D eigenvalue weighted by Crippen LogP contribution is -1.82. The summed E-state index contributed by atoms with van der Waals surface area (Å²) in [6.45, 7) is 2.27. The third-order valence-electron chi connectivity index (χ3n) is 2.36. The van der Waals surface area contributed by atoms with Crippen molar-refractivity contribution in [2.75, 3.05) is 0 Å². The van der Waals surface area contributed by atoms with Gasteiger partial charge in [0.2, 0.25) is 0 Å². The van der Waals surface area contributed by atoms with Crippen molar-refractivity contribution in [3.05, 3.63) is 22.4 Å². The minimum absolute atomic E-state index is 1.30. The van der Waals surface area contributed by atoms with E-state index in [9.17, 15) is 0 Å². The maximum Gasteiger partial charge on any atom is 0.00452 e. The van der Waals surface area contributed by atoms with Crippen LogP contribution in [0.1, 0.15) is 50.3 Å². The smallest absolute Gasteiger partial charge is 0.00452 e. The lowest BCUT2D eigenvalue weighted by Gasteiger charge is -1.98. The van der Waals surface area contributed by atoms with Crippen molar-refractivity contribution >= 4 is 11.3 Å². The van der Waals surface area contributed by atoms with E-state index in [1.54, 1.807) is 4.88 Å². The Kier molecular flexibility index (Phi) is 5.92. The molecule has 0 aliphatic carbocycles. The molecule has 0 N–H and O–H groups in total. The van der Waals surface area contributed by atoms with E-state index < -0.39 is 0 Å². The third kappa shape index (κ3) is 5.09. The summed E-state index contributed by atoms with van der Waals surface area (Å²) in [6, 6.07) is 4.40. The van der Waals surface area contributed by atoms with Crippen LogP contribution in [0.2, 0.25) is 0 Å². The molecule has 0 nitrogen and oxygen atoms in total. The van der Waals surface area contributed by atoms with E-state index in [4.69, 9.17) is 0 Å². The number of aryl methyl sites for hydroxylation is 1. The molecule has 13 heavy (non-hydrogen) atoms. The van der Waals surface area contributed by atoms with Crippen LogP contribution in [-0.4, -0.2) is 0 Å². The van der Waals surface area contributed by atoms with Gasteiger partial charge in [-0.3, -0.25) is 0 Å². The fourth-order valence-electron chi connectivity index (χ4n) is 1.53. The highest BCUT2D eigenvalue weighted by Crippen LogP contribution is 2.13. The molecule has 0 saturated carbocycles. The van der Waals surface area contributed by atoms with Crippen molar-refractivity contribution in [2.45, 2.75) is 51.9 Å². The van der Waals surface area contributed by atoms with Gasteiger partial charge in [0, 0.05) is 4.88 Å². The highest BCUT2D eigenvalue weighted by Gasteiger charge is 1.93. The summed E-state index contributed by atoms with van der Waals surface area (Å²) in [5.74, 6) is 0. The fraction of sp³-hybridized carbons (Fsp3) is 0.667. The predicted molar refractivity (Wildman–Crippen MR) is 61.4 cm³/mol. The zero-order chi connectivity index (χ0) is 9.36. The molecule has 0 aromatic carbocycles. The molecule has 0 fully saturated rings. The van der Waals surface area contributed by atoms with E-state index in [0.717, 1.165) is 0 Å². The summed E-state index contributed by atoms with van der Waals surface area (Å²) in [5, 5.41) is 2.17. The topological polar surface area (TPSA) is 0 Å². The monoisotopic (exact) mass is 196 g/mol. The maximum atomic E-state index is 2.27. The van der Waals surface area contributed by atoms with Crippen molar-refractivity contribution in [3.63, 3.8) is 0 Å². The minimum atomic E-state index is 1.30. The van der Waals surface area contributed by atoms with E-state index in [-0.39, 0.29) is 0 Å². The van der Waals surface area contributed by atoms with Crippen molar-refractivity contribution in [1.29, 1.82) is 0 Å². The Morgan fingerprint density at radius 2 is 1.85 bits per heavy atom. The summed E-state index contributed by atoms with van der Waals surface area (Å²) >= 11 is 1.89. The second-order valence-corrected chi connectivity index (χ2v) is 4.63. The molecule has 1 heterocycles. The molecule has 1 aromatic heterocycles. The van der Waals surface area contributed by atoms with Crippen LogP contribution in [-0.2, 0) is 6.42 Å². The van der Waals surface area contributed by atoms with Gasteiger partial charge >= 0.3 is 0 Å². The average Bonchev–Trinajstić information content (AvgIpc) is 2.63. The molecule has 0 atom stereocenters. The Morgan fingerprint density at radius 3 is 2.54 bits per heavy atom. The van der Waals surface area contributed by atoms with Crippen LogP contribution in [0, 0.1) is 0 Å². The number of hydrogen-bond donors (Lipinski definition) is 0. The van der Waals surface area contributed by atoms with E-state index >= 15 is 0 Å². The number of hydrogen-bond acceptors (Lipinski definition) is 1. The number of rotatable bonds is 7. The Hall–Kier alpha value is -0.300. The SMILES string of the molecule is CCCCCCCCc1cccs1. The Bertz CT molecular complexity index is 189. The van der Waals surface area contributed by atoms with Gasteiger partial charge in [0.15, 0.2) is 0 Å². The molecule has 0 aliphatic rings. The lowest BCUT2D eigenvalue weighted by molar-refractivity contribution is 0.609. The third-order valence-corrected chi connectivity index (χ3v) is 3.29. The van der Waals surface area contributed by atoms with Crippen molar-refractivity contribution in [3.8, 4) is 0 Å². The molecule has 0 unspecified atom stereocenters. The van der Waals surface area contributed by atoms with E-state index in [2.05, 4.69) is 24.4 Å². The van der Waals surface area contributed by atoms with Crippen LogP contribution >= 0.6 is 11.3 Å². The summed E-state index contributed by atoms with van der Waals surface area (Å²) < 4.78 is 0. The number of thiophene rings is 1. The summed E-state index contributed by atoms with van der Waals surface area (Å²) in [7, 11) is 0. The maximum absolute atomic E-state index is 2.27. The van der Waals surface area contributed by atoms with Gasteiger partial charge in [0.05, 0.1) is 0 Å². The molecular formula is C12H20S. The van der Waals surface area contributed by atoms with Gasteiger partial charge in [-0.1, -0.05) is 45.1 Å². The van der Waals surface area contributed by atoms with Crippen molar-refractivity contribution in [1.82, 2.24) is 0 Å². The molecule has 0 bridgehead atoms. The molecule has 0 spiro atoms. The lowest BCUT2D eigenvalue weighted by atomic mass is 10.1. The first-order chi connectivity index (χ1) is 6.43.